The number of nitrogens with one attached hydrogen (secondary N) is 2. The Bertz CT molecular complexity index is 1230. The van der Waals surface area contributed by atoms with Gasteiger partial charge in [-0.25, -0.2) is 0 Å². The number of fused-ring (bicyclic) bond motifs is 1. The van der Waals surface area contributed by atoms with Crippen LogP contribution in [-0.2, 0) is 5.75 Å². The summed E-state index contributed by atoms with van der Waals surface area (Å²) in [6.07, 6.45) is 0. The molecule has 0 fully saturated rings. The first kappa shape index (κ1) is 20.1. The van der Waals surface area contributed by atoms with Crippen molar-refractivity contribution in [3.8, 4) is 0 Å². The van der Waals surface area contributed by atoms with Crippen molar-refractivity contribution in [1.29, 1.82) is 0 Å². The minimum atomic E-state index is -0.517. The van der Waals surface area contributed by atoms with Crippen LogP contribution in [0, 0.1) is 13.8 Å². The van der Waals surface area contributed by atoms with Gasteiger partial charge in [0.1, 0.15) is 10.6 Å². The molecule has 0 saturated heterocycles. The Morgan fingerprint density at radius 3 is 2.50 bits per heavy atom. The van der Waals surface area contributed by atoms with E-state index in [0.29, 0.717) is 16.9 Å². The molecule has 0 saturated carbocycles. The Hall–Kier alpha value is -3.17. The number of amides is 2. The van der Waals surface area contributed by atoms with Crippen molar-refractivity contribution in [3.63, 3.8) is 0 Å². The van der Waals surface area contributed by atoms with E-state index in [9.17, 15) is 9.59 Å². The maximum Gasteiger partial charge on any atom is 0.305 e. The summed E-state index contributed by atoms with van der Waals surface area (Å²) < 4.78 is 6.62. The van der Waals surface area contributed by atoms with Crippen molar-refractivity contribution in [3.05, 3.63) is 76.0 Å². The van der Waals surface area contributed by atoms with E-state index >= 15 is 0 Å². The van der Waals surface area contributed by atoms with Crippen molar-refractivity contribution in [1.82, 2.24) is 21.0 Å². The summed E-state index contributed by atoms with van der Waals surface area (Å²) >= 11 is 2.98. The third kappa shape index (κ3) is 4.22. The zero-order valence-corrected chi connectivity index (χ0v) is 17.9. The fraction of sp³-hybridized carbons (Fsp3) is 0.143. The summed E-state index contributed by atoms with van der Waals surface area (Å²) in [6.45, 7) is 3.73. The molecule has 2 aromatic carbocycles. The van der Waals surface area contributed by atoms with Crippen LogP contribution in [0.2, 0.25) is 0 Å². The molecule has 0 bridgehead atoms. The van der Waals surface area contributed by atoms with Crippen LogP contribution in [-0.4, -0.2) is 22.0 Å². The third-order valence-electron chi connectivity index (χ3n) is 4.43. The van der Waals surface area contributed by atoms with Crippen LogP contribution in [0.15, 0.2) is 57.3 Å². The SMILES string of the molecule is Cc1nnc(SCc2c(C(=O)NNC(=O)c3ccccc3C)oc3ccccc23)s1. The normalized spacial score (nSPS) is 10.9. The predicted octanol–water partition coefficient (Wildman–Crippen LogP) is 4.27. The number of hydrazine groups is 1. The van der Waals surface area contributed by atoms with E-state index in [1.54, 1.807) is 18.2 Å². The maximum absolute atomic E-state index is 12.8. The molecular weight excluding hydrogens is 420 g/mol. The standard InChI is InChI=1S/C21H18N4O3S2/c1-12-7-3-4-8-14(12)19(26)23-24-20(27)18-16(11-29-21-25-22-13(2)30-21)15-9-5-6-10-17(15)28-18/h3-10H,11H2,1-2H3,(H,23,26)(H,24,27). The van der Waals surface area contributed by atoms with E-state index in [0.717, 1.165) is 25.9 Å². The van der Waals surface area contributed by atoms with Crippen molar-refractivity contribution < 1.29 is 14.0 Å². The van der Waals surface area contributed by atoms with Gasteiger partial charge in [0.05, 0.1) is 0 Å². The Kier molecular flexibility index (Phi) is 5.82. The van der Waals surface area contributed by atoms with Gasteiger partial charge in [0.2, 0.25) is 0 Å². The number of aryl methyl sites for hydroxylation is 2. The second-order valence-corrected chi connectivity index (χ2v) is 8.91. The first-order valence-electron chi connectivity index (χ1n) is 9.12. The van der Waals surface area contributed by atoms with E-state index in [4.69, 9.17) is 4.42 Å². The second kappa shape index (κ2) is 8.68. The number of benzene rings is 2. The van der Waals surface area contributed by atoms with Gasteiger partial charge in [-0.05, 0) is 31.5 Å². The summed E-state index contributed by atoms with van der Waals surface area (Å²) in [5.74, 6) is -0.259. The van der Waals surface area contributed by atoms with E-state index in [-0.39, 0.29) is 5.76 Å². The van der Waals surface area contributed by atoms with Crippen LogP contribution in [0.1, 0.15) is 37.0 Å². The second-order valence-electron chi connectivity index (χ2n) is 6.50. The van der Waals surface area contributed by atoms with Crippen LogP contribution >= 0.6 is 23.1 Å². The smallest absolute Gasteiger partial charge is 0.305 e. The number of hydrogen-bond donors (Lipinski definition) is 2. The number of rotatable bonds is 5. The molecule has 9 heteroatoms. The van der Waals surface area contributed by atoms with E-state index in [1.165, 1.54) is 23.1 Å². The number of nitrogens with zero attached hydrogens (tertiary/aromatic N) is 2. The van der Waals surface area contributed by atoms with Gasteiger partial charge >= 0.3 is 5.91 Å². The number of furan rings is 1. The zero-order valence-electron chi connectivity index (χ0n) is 16.3. The number of hydrogen-bond acceptors (Lipinski definition) is 7. The molecule has 30 heavy (non-hydrogen) atoms. The number of carbonyl (C=O) groups excluding carboxylic acids is 2. The summed E-state index contributed by atoms with van der Waals surface area (Å²) in [5.41, 5.74) is 7.58. The molecule has 4 aromatic rings. The number of para-hydroxylation sites is 1. The minimum Gasteiger partial charge on any atom is -0.451 e. The summed E-state index contributed by atoms with van der Waals surface area (Å²) in [6, 6.07) is 14.6. The predicted molar refractivity (Wildman–Crippen MR) is 117 cm³/mol. The Morgan fingerprint density at radius 2 is 1.73 bits per heavy atom. The van der Waals surface area contributed by atoms with E-state index in [2.05, 4.69) is 21.0 Å². The lowest BCUT2D eigenvalue weighted by atomic mass is 10.1. The molecule has 0 radical (unpaired) electrons. The molecule has 0 unspecified atom stereocenters. The fourth-order valence-corrected chi connectivity index (χ4v) is 4.80. The monoisotopic (exact) mass is 438 g/mol. The van der Waals surface area contributed by atoms with Crippen molar-refractivity contribution in [2.24, 2.45) is 0 Å². The lowest BCUT2D eigenvalue weighted by Crippen LogP contribution is -2.42. The highest BCUT2D eigenvalue weighted by molar-refractivity contribution is 8.00. The highest BCUT2D eigenvalue weighted by Gasteiger charge is 2.22. The molecule has 152 valence electrons. The quantitative estimate of drug-likeness (QED) is 0.357. The van der Waals surface area contributed by atoms with E-state index < -0.39 is 11.8 Å². The first-order valence-corrected chi connectivity index (χ1v) is 10.9. The molecule has 2 aromatic heterocycles. The molecule has 0 aliphatic rings. The first-order chi connectivity index (χ1) is 14.5. The molecule has 2 heterocycles. The van der Waals surface area contributed by atoms with Crippen LogP contribution < -0.4 is 10.9 Å². The lowest BCUT2D eigenvalue weighted by molar-refractivity contribution is 0.0831. The van der Waals surface area contributed by atoms with Gasteiger partial charge in [-0.3, -0.25) is 20.4 Å². The van der Waals surface area contributed by atoms with Crippen molar-refractivity contribution in [2.45, 2.75) is 23.9 Å². The van der Waals surface area contributed by atoms with Crippen LogP contribution in [0.3, 0.4) is 0 Å². The van der Waals surface area contributed by atoms with Gasteiger partial charge in [0, 0.05) is 22.3 Å². The molecule has 0 aliphatic carbocycles. The molecule has 4 rings (SSSR count). The average molecular weight is 439 g/mol. The van der Waals surface area contributed by atoms with Gasteiger partial charge in [0.25, 0.3) is 5.91 Å². The zero-order chi connectivity index (χ0) is 21.1. The number of aromatic nitrogens is 2. The number of thioether (sulfide) groups is 1. The van der Waals surface area contributed by atoms with Gasteiger partial charge in [-0.2, -0.15) is 0 Å². The highest BCUT2D eigenvalue weighted by Crippen LogP contribution is 2.33. The largest absolute Gasteiger partial charge is 0.451 e. The van der Waals surface area contributed by atoms with Crippen LogP contribution in [0.4, 0.5) is 0 Å². The van der Waals surface area contributed by atoms with Gasteiger partial charge < -0.3 is 4.42 Å². The average Bonchev–Trinajstić information content (AvgIpc) is 3.33. The molecule has 7 nitrogen and oxygen atoms in total. The van der Waals surface area contributed by atoms with Crippen molar-refractivity contribution in [2.75, 3.05) is 0 Å². The van der Waals surface area contributed by atoms with E-state index in [1.807, 2.05) is 44.2 Å². The molecule has 0 aliphatic heterocycles. The number of carbonyl (C=O) groups is 2. The summed E-state index contributed by atoms with van der Waals surface area (Å²) in [4.78, 5) is 25.2. The Labute approximate surface area is 180 Å². The van der Waals surface area contributed by atoms with Gasteiger partial charge in [0.15, 0.2) is 10.1 Å². The Morgan fingerprint density at radius 1 is 1.00 bits per heavy atom. The van der Waals surface area contributed by atoms with Gasteiger partial charge in [-0.15, -0.1) is 10.2 Å². The van der Waals surface area contributed by atoms with Crippen LogP contribution in [0.25, 0.3) is 11.0 Å². The fourth-order valence-electron chi connectivity index (χ4n) is 2.96. The summed E-state index contributed by atoms with van der Waals surface area (Å²) in [5, 5.41) is 9.86. The van der Waals surface area contributed by atoms with Gasteiger partial charge in [-0.1, -0.05) is 59.5 Å². The molecule has 0 atom stereocenters. The van der Waals surface area contributed by atoms with Crippen molar-refractivity contribution >= 4 is 45.9 Å². The lowest BCUT2D eigenvalue weighted by Gasteiger charge is -2.08. The van der Waals surface area contributed by atoms with Crippen LogP contribution in [0.5, 0.6) is 0 Å². The topological polar surface area (TPSA) is 97.1 Å². The molecule has 2 N–H and O–H groups in total. The molecule has 0 spiro atoms. The highest BCUT2D eigenvalue weighted by atomic mass is 32.2. The third-order valence-corrected chi connectivity index (χ3v) is 6.43. The minimum absolute atomic E-state index is 0.162. The molecular formula is C21H18N4O3S2. The maximum atomic E-state index is 12.8. The Balaban J connectivity index is 1.54. The summed E-state index contributed by atoms with van der Waals surface area (Å²) in [7, 11) is 0. The molecule has 2 amide bonds.